The van der Waals surface area contributed by atoms with Gasteiger partial charge < -0.3 is 15.0 Å². The van der Waals surface area contributed by atoms with Crippen molar-refractivity contribution in [3.05, 3.63) is 66.4 Å². The second kappa shape index (κ2) is 10.6. The first-order valence-corrected chi connectivity index (χ1v) is 11.4. The van der Waals surface area contributed by atoms with E-state index in [9.17, 15) is 18.0 Å². The van der Waals surface area contributed by atoms with Crippen LogP contribution < -0.4 is 15.0 Å². The smallest absolute Gasteiger partial charge is 0.406 e. The van der Waals surface area contributed by atoms with E-state index in [1.807, 2.05) is 37.4 Å². The van der Waals surface area contributed by atoms with Crippen molar-refractivity contribution in [2.45, 2.75) is 25.2 Å². The van der Waals surface area contributed by atoms with Crippen LogP contribution in [0.15, 0.2) is 60.8 Å². The Morgan fingerprint density at radius 2 is 1.68 bits per heavy atom. The molecule has 3 heterocycles. The molecule has 2 aromatic carbocycles. The van der Waals surface area contributed by atoms with Crippen LogP contribution in [0.5, 0.6) is 5.75 Å². The number of aromatic nitrogens is 4. The maximum absolute atomic E-state index is 12.6. The van der Waals surface area contributed by atoms with Gasteiger partial charge in [-0.05, 0) is 43.2 Å². The molecule has 0 atom stereocenters. The zero-order valence-electron chi connectivity index (χ0n) is 19.8. The van der Waals surface area contributed by atoms with Gasteiger partial charge >= 0.3 is 6.36 Å². The van der Waals surface area contributed by atoms with Crippen molar-refractivity contribution in [1.82, 2.24) is 25.3 Å². The van der Waals surface area contributed by atoms with Crippen LogP contribution in [0.1, 0.15) is 23.2 Å². The van der Waals surface area contributed by atoms with Crippen molar-refractivity contribution in [3.8, 4) is 17.1 Å². The summed E-state index contributed by atoms with van der Waals surface area (Å²) in [6, 6.07) is 14.7. The summed E-state index contributed by atoms with van der Waals surface area (Å²) in [7, 11) is 1.86. The normalized spacial score (nSPS) is 14.3. The van der Waals surface area contributed by atoms with Gasteiger partial charge in [0.2, 0.25) is 0 Å². The number of hydrogen-bond acceptors (Lipinski definition) is 6. The number of ether oxygens (including phenoxy) is 1. The second-order valence-corrected chi connectivity index (χ2v) is 8.56. The number of piperidine rings is 1. The summed E-state index contributed by atoms with van der Waals surface area (Å²) in [5.41, 5.74) is 1.92. The average Bonchev–Trinajstić information content (AvgIpc) is 3.29. The minimum Gasteiger partial charge on any atom is -0.406 e. The molecule has 2 aromatic heterocycles. The molecule has 4 aromatic rings. The van der Waals surface area contributed by atoms with Crippen LogP contribution in [-0.4, -0.2) is 51.4 Å². The Hall–Kier alpha value is -3.86. The highest BCUT2D eigenvalue weighted by Crippen LogP contribution is 2.32. The third-order valence-electron chi connectivity index (χ3n) is 6.21. The highest BCUT2D eigenvalue weighted by molar-refractivity contribution is 6.00. The number of carbonyl (C=O) groups excluding carboxylic acids is 1. The fourth-order valence-electron chi connectivity index (χ4n) is 4.43. The van der Waals surface area contributed by atoms with E-state index in [-0.39, 0.29) is 35.7 Å². The number of carbonyl (C=O) groups is 1. The van der Waals surface area contributed by atoms with E-state index in [0.29, 0.717) is 25.9 Å². The van der Waals surface area contributed by atoms with Crippen molar-refractivity contribution in [1.29, 1.82) is 0 Å². The number of nitrogens with one attached hydrogen (secondary N) is 1. The number of alkyl halides is 3. The van der Waals surface area contributed by atoms with Crippen LogP contribution in [0.4, 0.5) is 19.0 Å². The molecule has 1 aliphatic rings. The fourth-order valence-corrected chi connectivity index (χ4v) is 4.43. The Kier molecular flexibility index (Phi) is 7.53. The average molecular weight is 533 g/mol. The maximum atomic E-state index is 12.6. The van der Waals surface area contributed by atoms with Crippen molar-refractivity contribution in [2.24, 2.45) is 7.05 Å². The van der Waals surface area contributed by atoms with Crippen LogP contribution in [0, 0.1) is 0 Å². The summed E-state index contributed by atoms with van der Waals surface area (Å²) in [4.78, 5) is 14.8. The van der Waals surface area contributed by atoms with Crippen molar-refractivity contribution < 1.29 is 22.7 Å². The molecule has 1 fully saturated rings. The lowest BCUT2D eigenvalue weighted by Gasteiger charge is -2.33. The minimum absolute atomic E-state index is 0. The molecule has 1 aliphatic heterocycles. The Bertz CT molecular complexity index is 1390. The molecule has 0 aliphatic carbocycles. The molecule has 0 unspecified atom stereocenters. The highest BCUT2D eigenvalue weighted by Gasteiger charge is 2.31. The molecular weight excluding hydrogens is 509 g/mol. The molecule has 0 spiro atoms. The van der Waals surface area contributed by atoms with Gasteiger partial charge in [0.15, 0.2) is 5.82 Å². The standard InChI is InChI=1S/C25H23F3N6O2.ClH/c1-33-21(10-13-29-33)22-19-4-2-3-5-20(19)23(32-31-22)34-14-11-17(12-15-34)30-24(35)16-6-8-18(9-7-16)36-25(26,27)28;/h2-10,13,17H,11-12,14-15H2,1H3,(H,30,35);1H. The lowest BCUT2D eigenvalue weighted by molar-refractivity contribution is -0.274. The Morgan fingerprint density at radius 3 is 2.30 bits per heavy atom. The first kappa shape index (κ1) is 26.2. The zero-order chi connectivity index (χ0) is 25.3. The molecule has 0 radical (unpaired) electrons. The highest BCUT2D eigenvalue weighted by atomic mass is 35.5. The van der Waals surface area contributed by atoms with Gasteiger partial charge in [0.1, 0.15) is 11.4 Å². The van der Waals surface area contributed by atoms with E-state index < -0.39 is 6.36 Å². The van der Waals surface area contributed by atoms with E-state index >= 15 is 0 Å². The molecular formula is C25H24ClF3N6O2. The van der Waals surface area contributed by atoms with Crippen molar-refractivity contribution in [3.63, 3.8) is 0 Å². The lowest BCUT2D eigenvalue weighted by atomic mass is 10.0. The monoisotopic (exact) mass is 532 g/mol. The number of amides is 1. The number of fused-ring (bicyclic) bond motifs is 1. The van der Waals surface area contributed by atoms with Crippen LogP contribution in [0.3, 0.4) is 0 Å². The number of nitrogens with zero attached hydrogens (tertiary/aromatic N) is 5. The summed E-state index contributed by atoms with van der Waals surface area (Å²) in [6.07, 6.45) is -1.66. The topological polar surface area (TPSA) is 85.2 Å². The van der Waals surface area contributed by atoms with E-state index in [1.165, 1.54) is 12.1 Å². The van der Waals surface area contributed by atoms with Gasteiger partial charge in [-0.25, -0.2) is 0 Å². The van der Waals surface area contributed by atoms with Gasteiger partial charge in [0, 0.05) is 48.7 Å². The van der Waals surface area contributed by atoms with Gasteiger partial charge in [-0.15, -0.1) is 35.8 Å². The SMILES string of the molecule is Cl.Cn1nccc1-c1nnc(N2CCC(NC(=O)c3ccc(OC(F)(F)F)cc3)CC2)c2ccccc12. The predicted molar refractivity (Wildman–Crippen MR) is 135 cm³/mol. The predicted octanol–water partition coefficient (Wildman–Crippen LogP) is 4.75. The second-order valence-electron chi connectivity index (χ2n) is 8.56. The molecule has 5 rings (SSSR count). The largest absolute Gasteiger partial charge is 0.573 e. The number of hydrogen-bond donors (Lipinski definition) is 1. The molecule has 194 valence electrons. The quantitative estimate of drug-likeness (QED) is 0.399. The number of halogens is 4. The molecule has 8 nitrogen and oxygen atoms in total. The number of benzene rings is 2. The van der Waals surface area contributed by atoms with Crippen molar-refractivity contribution in [2.75, 3.05) is 18.0 Å². The number of aryl methyl sites for hydroxylation is 1. The fraction of sp³-hybridized carbons (Fsp3) is 0.280. The Balaban J connectivity index is 0.00000320. The van der Waals surface area contributed by atoms with E-state index in [4.69, 9.17) is 0 Å². The van der Waals surface area contributed by atoms with Crippen molar-refractivity contribution >= 4 is 34.9 Å². The maximum Gasteiger partial charge on any atom is 0.573 e. The lowest BCUT2D eigenvalue weighted by Crippen LogP contribution is -2.45. The third kappa shape index (κ3) is 5.77. The van der Waals surface area contributed by atoms with Crippen LogP contribution >= 0.6 is 12.4 Å². The third-order valence-corrected chi connectivity index (χ3v) is 6.21. The van der Waals surface area contributed by atoms with E-state index in [1.54, 1.807) is 10.9 Å². The summed E-state index contributed by atoms with van der Waals surface area (Å²) < 4.78 is 42.6. The van der Waals surface area contributed by atoms with Gasteiger partial charge in [-0.1, -0.05) is 24.3 Å². The molecule has 37 heavy (non-hydrogen) atoms. The molecule has 12 heteroatoms. The number of rotatable bonds is 5. The van der Waals surface area contributed by atoms with Gasteiger partial charge in [-0.3, -0.25) is 9.48 Å². The summed E-state index contributed by atoms with van der Waals surface area (Å²) in [5.74, 6) is 0.0921. The van der Waals surface area contributed by atoms with Crippen LogP contribution in [0.2, 0.25) is 0 Å². The van der Waals surface area contributed by atoms with E-state index in [0.717, 1.165) is 40.1 Å². The Morgan fingerprint density at radius 1 is 1.00 bits per heavy atom. The first-order chi connectivity index (χ1) is 17.3. The molecule has 1 N–H and O–H groups in total. The molecule has 0 bridgehead atoms. The van der Waals surface area contributed by atoms with Gasteiger partial charge in [0.25, 0.3) is 5.91 Å². The minimum atomic E-state index is -4.77. The molecule has 0 saturated carbocycles. The number of anilines is 1. The van der Waals surface area contributed by atoms with E-state index in [2.05, 4.69) is 30.2 Å². The molecule has 1 amide bonds. The summed E-state index contributed by atoms with van der Waals surface area (Å²) in [5, 5.41) is 18.3. The van der Waals surface area contributed by atoms with Crippen LogP contribution in [0.25, 0.3) is 22.2 Å². The summed E-state index contributed by atoms with van der Waals surface area (Å²) >= 11 is 0. The zero-order valence-corrected chi connectivity index (χ0v) is 20.6. The van der Waals surface area contributed by atoms with Gasteiger partial charge in [0.05, 0.1) is 5.69 Å². The van der Waals surface area contributed by atoms with Gasteiger partial charge in [-0.2, -0.15) is 5.10 Å². The Labute approximate surface area is 216 Å². The van der Waals surface area contributed by atoms with Crippen LogP contribution in [-0.2, 0) is 7.05 Å². The molecule has 1 saturated heterocycles. The first-order valence-electron chi connectivity index (χ1n) is 11.4. The summed E-state index contributed by atoms with van der Waals surface area (Å²) in [6.45, 7) is 1.35.